The van der Waals surface area contributed by atoms with Crippen molar-refractivity contribution in [2.45, 2.75) is 6.92 Å². The van der Waals surface area contributed by atoms with E-state index in [1.807, 2.05) is 0 Å². The molecular formula is C15H12N4O5. The van der Waals surface area contributed by atoms with Crippen molar-refractivity contribution in [2.24, 2.45) is 0 Å². The Labute approximate surface area is 134 Å². The van der Waals surface area contributed by atoms with Crippen LogP contribution in [0.25, 0.3) is 11.0 Å². The van der Waals surface area contributed by atoms with Crippen molar-refractivity contribution in [3.8, 4) is 5.75 Å². The molecule has 0 spiro atoms. The number of carboxylic acids is 1. The van der Waals surface area contributed by atoms with Gasteiger partial charge in [0.2, 0.25) is 5.95 Å². The minimum atomic E-state index is -1.46. The van der Waals surface area contributed by atoms with Crippen LogP contribution in [0.5, 0.6) is 5.75 Å². The lowest BCUT2D eigenvalue weighted by Crippen LogP contribution is -2.26. The monoisotopic (exact) mass is 328 g/mol. The van der Waals surface area contributed by atoms with Gasteiger partial charge in [-0.15, -0.1) is 0 Å². The number of fused-ring (bicyclic) bond motifs is 1. The van der Waals surface area contributed by atoms with Crippen molar-refractivity contribution in [3.63, 3.8) is 0 Å². The average molecular weight is 328 g/mol. The van der Waals surface area contributed by atoms with Gasteiger partial charge in [-0.2, -0.15) is 0 Å². The van der Waals surface area contributed by atoms with E-state index in [9.17, 15) is 19.5 Å². The summed E-state index contributed by atoms with van der Waals surface area (Å²) in [7, 11) is 0. The molecule has 0 aliphatic rings. The molecule has 0 aliphatic carbocycles. The normalized spacial score (nSPS) is 10.7. The molecule has 0 fully saturated rings. The number of aryl methyl sites for hydroxylation is 1. The molecule has 0 radical (unpaired) electrons. The third-order valence-electron chi connectivity index (χ3n) is 3.44. The number of H-pyrrole nitrogens is 2. The fourth-order valence-corrected chi connectivity index (χ4v) is 2.36. The molecule has 0 saturated carbocycles. The van der Waals surface area contributed by atoms with Crippen molar-refractivity contribution in [3.05, 3.63) is 51.4 Å². The van der Waals surface area contributed by atoms with Crippen LogP contribution in [0.15, 0.2) is 29.1 Å². The second-order valence-electron chi connectivity index (χ2n) is 5.04. The summed E-state index contributed by atoms with van der Waals surface area (Å²) in [6.45, 7) is 1.31. The van der Waals surface area contributed by atoms with Crippen LogP contribution >= 0.6 is 0 Å². The highest BCUT2D eigenvalue weighted by Crippen LogP contribution is 2.22. The number of hydrogen-bond donors (Lipinski definition) is 5. The van der Waals surface area contributed by atoms with E-state index >= 15 is 0 Å². The number of carbonyl (C=O) groups is 2. The van der Waals surface area contributed by atoms with Crippen LogP contribution in [0.1, 0.15) is 26.4 Å². The number of anilines is 1. The van der Waals surface area contributed by atoms with Crippen LogP contribution < -0.4 is 10.9 Å². The van der Waals surface area contributed by atoms with Gasteiger partial charge >= 0.3 is 5.97 Å². The number of amides is 1. The van der Waals surface area contributed by atoms with Gasteiger partial charge in [0.05, 0.1) is 11.0 Å². The molecule has 0 atom stereocenters. The molecule has 0 unspecified atom stereocenters. The third kappa shape index (κ3) is 2.47. The zero-order valence-electron chi connectivity index (χ0n) is 12.4. The summed E-state index contributed by atoms with van der Waals surface area (Å²) in [6.07, 6.45) is 0. The summed E-state index contributed by atoms with van der Waals surface area (Å²) < 4.78 is 0. The molecule has 2 aromatic heterocycles. The van der Waals surface area contributed by atoms with Gasteiger partial charge in [-0.1, -0.05) is 12.1 Å². The number of aromatic nitrogens is 3. The maximum Gasteiger partial charge on any atom is 0.341 e. The van der Waals surface area contributed by atoms with Crippen molar-refractivity contribution in [1.29, 1.82) is 0 Å². The summed E-state index contributed by atoms with van der Waals surface area (Å²) in [5.74, 6) is -3.26. The summed E-state index contributed by atoms with van der Waals surface area (Å²) in [6, 6.07) is 7.02. The van der Waals surface area contributed by atoms with Crippen molar-refractivity contribution in [1.82, 2.24) is 15.0 Å². The number of aromatic carboxylic acids is 1. The fraction of sp³-hybridized carbons (Fsp3) is 0.0667. The zero-order chi connectivity index (χ0) is 17.4. The highest BCUT2D eigenvalue weighted by atomic mass is 16.4. The first kappa shape index (κ1) is 15.3. The second kappa shape index (κ2) is 5.54. The Hall–Kier alpha value is -3.62. The van der Waals surface area contributed by atoms with Gasteiger partial charge in [0, 0.05) is 5.69 Å². The van der Waals surface area contributed by atoms with Gasteiger partial charge in [0.1, 0.15) is 16.9 Å². The van der Waals surface area contributed by atoms with Gasteiger partial charge in [-0.25, -0.2) is 9.78 Å². The Balaban J connectivity index is 2.02. The first-order valence-corrected chi connectivity index (χ1v) is 6.83. The topological polar surface area (TPSA) is 148 Å². The summed E-state index contributed by atoms with van der Waals surface area (Å²) >= 11 is 0. The van der Waals surface area contributed by atoms with Gasteiger partial charge in [-0.3, -0.25) is 14.9 Å². The molecule has 1 aromatic carbocycles. The molecule has 0 saturated heterocycles. The first-order chi connectivity index (χ1) is 11.4. The molecule has 9 heteroatoms. The minimum absolute atomic E-state index is 0.0507. The Morgan fingerprint density at radius 2 is 1.88 bits per heavy atom. The van der Waals surface area contributed by atoms with Crippen LogP contribution in [-0.4, -0.2) is 37.0 Å². The van der Waals surface area contributed by atoms with Crippen molar-refractivity contribution in [2.75, 3.05) is 5.32 Å². The summed E-state index contributed by atoms with van der Waals surface area (Å²) in [5.41, 5.74) is -0.918. The smallest absolute Gasteiger partial charge is 0.341 e. The molecule has 3 aromatic rings. The highest BCUT2D eigenvalue weighted by Gasteiger charge is 2.25. The largest absolute Gasteiger partial charge is 0.506 e. The molecule has 0 bridgehead atoms. The number of para-hydroxylation sites is 2. The van der Waals surface area contributed by atoms with E-state index in [4.69, 9.17) is 5.11 Å². The molecule has 1 amide bonds. The van der Waals surface area contributed by atoms with E-state index in [0.717, 1.165) is 0 Å². The molecule has 24 heavy (non-hydrogen) atoms. The summed E-state index contributed by atoms with van der Waals surface area (Å²) in [5, 5.41) is 21.4. The number of pyridine rings is 1. The lowest BCUT2D eigenvalue weighted by Gasteiger charge is -2.08. The highest BCUT2D eigenvalue weighted by molar-refractivity contribution is 6.08. The lowest BCUT2D eigenvalue weighted by molar-refractivity contribution is 0.0692. The quantitative estimate of drug-likeness (QED) is 0.488. The average Bonchev–Trinajstić information content (AvgIpc) is 2.87. The van der Waals surface area contributed by atoms with E-state index in [1.165, 1.54) is 6.92 Å². The van der Waals surface area contributed by atoms with Crippen molar-refractivity contribution < 1.29 is 19.8 Å². The molecule has 5 N–H and O–H groups in total. The number of nitrogens with zero attached hydrogens (tertiary/aromatic N) is 1. The van der Waals surface area contributed by atoms with Crippen molar-refractivity contribution >= 4 is 28.9 Å². The fourth-order valence-electron chi connectivity index (χ4n) is 2.36. The number of aromatic hydroxyl groups is 1. The predicted octanol–water partition coefficient (Wildman–Crippen LogP) is 1.22. The second-order valence-corrected chi connectivity index (χ2v) is 5.04. The molecule has 9 nitrogen and oxygen atoms in total. The Morgan fingerprint density at radius 1 is 1.17 bits per heavy atom. The summed E-state index contributed by atoms with van der Waals surface area (Å²) in [4.78, 5) is 44.6. The van der Waals surface area contributed by atoms with E-state index < -0.39 is 34.3 Å². The Morgan fingerprint density at radius 3 is 2.54 bits per heavy atom. The number of rotatable bonds is 3. The maximum atomic E-state index is 12.3. The number of carboxylic acid groups (broad SMARTS) is 1. The SMILES string of the molecule is Cc1[nH]c(=O)c(C(=O)Nc2nc3ccccc3[nH]2)c(O)c1C(=O)O. The number of benzene rings is 1. The van der Waals surface area contributed by atoms with Gasteiger partial charge in [-0.05, 0) is 19.1 Å². The first-order valence-electron chi connectivity index (χ1n) is 6.83. The standard InChI is InChI=1S/C15H12N4O5/c1-6-9(14(23)24)11(20)10(12(21)16-6)13(22)19-15-17-7-4-2-3-5-8(7)18-15/h2-5H,1H3,(H,23,24)(H2,16,20,21)(H2,17,18,19,22). The molecule has 2 heterocycles. The molecule has 0 aliphatic heterocycles. The number of imidazole rings is 1. The van der Waals surface area contributed by atoms with E-state index in [1.54, 1.807) is 24.3 Å². The number of nitrogens with one attached hydrogen (secondary N) is 3. The molecule has 3 rings (SSSR count). The Kier molecular flexibility index (Phi) is 3.53. The van der Waals surface area contributed by atoms with E-state index in [2.05, 4.69) is 20.3 Å². The zero-order valence-corrected chi connectivity index (χ0v) is 12.4. The molecular weight excluding hydrogens is 316 g/mol. The third-order valence-corrected chi connectivity index (χ3v) is 3.44. The van der Waals surface area contributed by atoms with Crippen LogP contribution in [0, 0.1) is 6.92 Å². The number of hydrogen-bond acceptors (Lipinski definition) is 5. The van der Waals surface area contributed by atoms with Gasteiger partial charge in [0.25, 0.3) is 11.5 Å². The van der Waals surface area contributed by atoms with Crippen LogP contribution in [0.4, 0.5) is 5.95 Å². The van der Waals surface area contributed by atoms with Gasteiger partial charge in [0.15, 0.2) is 0 Å². The lowest BCUT2D eigenvalue weighted by atomic mass is 10.1. The van der Waals surface area contributed by atoms with Gasteiger partial charge < -0.3 is 20.2 Å². The number of aromatic amines is 2. The predicted molar refractivity (Wildman–Crippen MR) is 84.5 cm³/mol. The minimum Gasteiger partial charge on any atom is -0.506 e. The van der Waals surface area contributed by atoms with Crippen LogP contribution in [0.2, 0.25) is 0 Å². The Bertz CT molecular complexity index is 1000. The maximum absolute atomic E-state index is 12.3. The number of carbonyl (C=O) groups excluding carboxylic acids is 1. The van der Waals surface area contributed by atoms with E-state index in [0.29, 0.717) is 11.0 Å². The van der Waals surface area contributed by atoms with Crippen LogP contribution in [-0.2, 0) is 0 Å². The van der Waals surface area contributed by atoms with Crippen LogP contribution in [0.3, 0.4) is 0 Å². The molecule has 122 valence electrons. The van der Waals surface area contributed by atoms with E-state index in [-0.39, 0.29) is 11.6 Å².